The number of carbonyl (C=O) groups excluding carboxylic acids is 3. The second kappa shape index (κ2) is 11.1. The molecular weight excluding hydrogens is 494 g/mol. The zero-order chi connectivity index (χ0) is 27.6. The Hall–Kier alpha value is -3.50. The van der Waals surface area contributed by atoms with Gasteiger partial charge in [0.25, 0.3) is 5.91 Å². The largest absolute Gasteiger partial charge is 0.343 e. The van der Waals surface area contributed by atoms with Gasteiger partial charge in [0.1, 0.15) is 17.5 Å². The van der Waals surface area contributed by atoms with Gasteiger partial charge in [-0.05, 0) is 63.5 Å². The predicted octanol–water partition coefficient (Wildman–Crippen LogP) is 3.99. The maximum atomic E-state index is 14.2. The molecule has 0 radical (unpaired) electrons. The lowest BCUT2D eigenvalue weighted by molar-refractivity contribution is -0.136. The molecule has 2 aromatic rings. The van der Waals surface area contributed by atoms with Crippen LogP contribution in [0.25, 0.3) is 11.3 Å². The van der Waals surface area contributed by atoms with Crippen molar-refractivity contribution in [3.05, 3.63) is 41.9 Å². The van der Waals surface area contributed by atoms with E-state index < -0.39 is 35.8 Å². The molecule has 1 aromatic carbocycles. The third kappa shape index (κ3) is 6.31. The Kier molecular flexibility index (Phi) is 8.03. The van der Waals surface area contributed by atoms with E-state index in [-0.39, 0.29) is 28.8 Å². The van der Waals surface area contributed by atoms with Crippen LogP contribution in [0, 0.1) is 23.0 Å². The van der Waals surface area contributed by atoms with E-state index in [1.165, 1.54) is 12.3 Å². The van der Waals surface area contributed by atoms with Crippen molar-refractivity contribution in [2.45, 2.75) is 78.0 Å². The van der Waals surface area contributed by atoms with Gasteiger partial charge in [-0.15, -0.1) is 0 Å². The van der Waals surface area contributed by atoms with Crippen molar-refractivity contribution in [2.75, 3.05) is 6.54 Å². The van der Waals surface area contributed by atoms with E-state index in [1.54, 1.807) is 11.8 Å². The smallest absolute Gasteiger partial charge is 0.319 e. The summed E-state index contributed by atoms with van der Waals surface area (Å²) in [4.78, 5) is 48.1. The lowest BCUT2D eigenvalue weighted by Gasteiger charge is -2.42. The highest BCUT2D eigenvalue weighted by atomic mass is 19.1. The van der Waals surface area contributed by atoms with Crippen molar-refractivity contribution < 1.29 is 23.2 Å². The molecule has 206 valence electrons. The number of nitrogens with one attached hydrogen (secondary N) is 4. The Balaban J connectivity index is 1.45. The molecule has 0 bridgehead atoms. The van der Waals surface area contributed by atoms with Gasteiger partial charge < -0.3 is 25.8 Å². The molecule has 2 heterocycles. The van der Waals surface area contributed by atoms with E-state index in [0.717, 1.165) is 31.4 Å². The summed E-state index contributed by atoms with van der Waals surface area (Å²) in [5.41, 5.74) is 0.533. The summed E-state index contributed by atoms with van der Waals surface area (Å²) in [6, 6.07) is 2.19. The number of carbonyl (C=O) groups is 3. The zero-order valence-electron chi connectivity index (χ0n) is 22.2. The van der Waals surface area contributed by atoms with Crippen molar-refractivity contribution in [1.29, 1.82) is 0 Å². The summed E-state index contributed by atoms with van der Waals surface area (Å²) in [6.07, 6.45) is 4.31. The van der Waals surface area contributed by atoms with Crippen molar-refractivity contribution in [3.8, 4) is 11.3 Å². The molecule has 38 heavy (non-hydrogen) atoms. The molecule has 4 amide bonds. The van der Waals surface area contributed by atoms with Gasteiger partial charge in [0.15, 0.2) is 6.17 Å². The van der Waals surface area contributed by atoms with Crippen LogP contribution in [-0.4, -0.2) is 51.5 Å². The Morgan fingerprint density at radius 3 is 2.53 bits per heavy atom. The van der Waals surface area contributed by atoms with Crippen LogP contribution in [0.1, 0.15) is 71.7 Å². The number of imidazole rings is 1. The van der Waals surface area contributed by atoms with Gasteiger partial charge in [0.2, 0.25) is 5.91 Å². The van der Waals surface area contributed by atoms with Gasteiger partial charge in [0, 0.05) is 30.1 Å². The highest BCUT2D eigenvalue weighted by Gasteiger charge is 2.41. The van der Waals surface area contributed by atoms with Gasteiger partial charge in [-0.1, -0.05) is 13.8 Å². The maximum Gasteiger partial charge on any atom is 0.319 e. The molecule has 3 atom stereocenters. The number of piperidine rings is 1. The molecule has 0 spiro atoms. The first-order valence-corrected chi connectivity index (χ1v) is 13.1. The Morgan fingerprint density at radius 1 is 1.13 bits per heavy atom. The van der Waals surface area contributed by atoms with Crippen molar-refractivity contribution in [1.82, 2.24) is 30.8 Å². The minimum atomic E-state index is -1.28. The topological polar surface area (TPSA) is 119 Å². The number of amides is 4. The highest BCUT2D eigenvalue weighted by Crippen LogP contribution is 2.44. The van der Waals surface area contributed by atoms with Gasteiger partial charge in [-0.3, -0.25) is 9.59 Å². The number of aromatic amines is 1. The maximum absolute atomic E-state index is 14.2. The number of hydrogen-bond donors (Lipinski definition) is 4. The lowest BCUT2D eigenvalue weighted by Crippen LogP contribution is -2.62. The number of nitrogens with zero attached hydrogens (tertiary/aromatic N) is 2. The van der Waals surface area contributed by atoms with E-state index >= 15 is 0 Å². The van der Waals surface area contributed by atoms with E-state index in [9.17, 15) is 23.2 Å². The fourth-order valence-electron chi connectivity index (χ4n) is 5.26. The second-order valence-corrected chi connectivity index (χ2v) is 11.2. The SMILES string of the molecule is C[C@H](NC(=O)[C@@H](NC(=O)C1CC(C)(C)C1)NC(=O)N1CCCC[C@@H]1C)c1ncc(-c2ccc(F)cc2F)[nH]1. The quantitative estimate of drug-likeness (QED) is 0.405. The average molecular weight is 531 g/mol. The van der Waals surface area contributed by atoms with Gasteiger partial charge in [0.05, 0.1) is 17.9 Å². The molecule has 0 unspecified atom stereocenters. The second-order valence-electron chi connectivity index (χ2n) is 11.2. The van der Waals surface area contributed by atoms with Gasteiger partial charge in [-0.2, -0.15) is 0 Å². The molecule has 4 N–H and O–H groups in total. The summed E-state index contributed by atoms with van der Waals surface area (Å²) in [7, 11) is 0. The third-order valence-electron chi connectivity index (χ3n) is 7.43. The molecule has 2 aliphatic rings. The molecule has 1 saturated heterocycles. The molecule has 1 saturated carbocycles. The zero-order valence-corrected chi connectivity index (χ0v) is 22.2. The molecule has 1 aliphatic heterocycles. The summed E-state index contributed by atoms with van der Waals surface area (Å²) in [5, 5.41) is 8.18. The fourth-order valence-corrected chi connectivity index (χ4v) is 5.26. The average Bonchev–Trinajstić information content (AvgIpc) is 3.32. The molecule has 4 rings (SSSR count). The number of H-pyrrole nitrogens is 1. The minimum absolute atomic E-state index is 0.0305. The molecule has 2 fully saturated rings. The summed E-state index contributed by atoms with van der Waals surface area (Å²) in [6.45, 7) is 8.37. The van der Waals surface area contributed by atoms with Gasteiger partial charge >= 0.3 is 6.03 Å². The highest BCUT2D eigenvalue weighted by molar-refractivity contribution is 5.91. The van der Waals surface area contributed by atoms with Crippen LogP contribution in [0.4, 0.5) is 13.6 Å². The number of urea groups is 1. The van der Waals surface area contributed by atoms with Crippen molar-refractivity contribution in [2.24, 2.45) is 11.3 Å². The Labute approximate surface area is 221 Å². The van der Waals surface area contributed by atoms with E-state index in [0.29, 0.717) is 30.9 Å². The first-order valence-electron chi connectivity index (χ1n) is 13.1. The molecule has 11 heteroatoms. The van der Waals surface area contributed by atoms with Crippen molar-refractivity contribution >= 4 is 17.8 Å². The number of aromatic nitrogens is 2. The van der Waals surface area contributed by atoms with E-state index in [2.05, 4.69) is 39.8 Å². The van der Waals surface area contributed by atoms with Gasteiger partial charge in [-0.25, -0.2) is 18.6 Å². The Morgan fingerprint density at radius 2 is 1.87 bits per heavy atom. The fraction of sp³-hybridized carbons (Fsp3) is 0.556. The Bertz CT molecular complexity index is 1190. The molecule has 1 aliphatic carbocycles. The molecule has 1 aromatic heterocycles. The van der Waals surface area contributed by atoms with Crippen molar-refractivity contribution in [3.63, 3.8) is 0 Å². The first-order chi connectivity index (χ1) is 17.9. The van der Waals surface area contributed by atoms with Crippen LogP contribution in [0.15, 0.2) is 24.4 Å². The van der Waals surface area contributed by atoms with Crippen LogP contribution >= 0.6 is 0 Å². The summed E-state index contributed by atoms with van der Waals surface area (Å²) < 4.78 is 27.5. The summed E-state index contributed by atoms with van der Waals surface area (Å²) >= 11 is 0. The lowest BCUT2D eigenvalue weighted by atomic mass is 9.64. The van der Waals surface area contributed by atoms with E-state index in [4.69, 9.17) is 0 Å². The molecular formula is C27H36F2N6O3. The van der Waals surface area contributed by atoms with Crippen LogP contribution in [0.3, 0.4) is 0 Å². The monoisotopic (exact) mass is 530 g/mol. The predicted molar refractivity (Wildman–Crippen MR) is 137 cm³/mol. The number of likely N-dealkylation sites (tertiary alicyclic amines) is 1. The standard InChI is InChI=1S/C27H36F2N6O3/c1-15-7-5-6-10-35(15)26(38)34-23(33-24(36)17-12-27(3,4)13-17)25(37)31-16(2)22-30-14-21(32-22)19-9-8-18(28)11-20(19)29/h8-9,11,14-17,23H,5-7,10,12-13H2,1-4H3,(H,30,32)(H,31,37)(H,33,36)(H,34,38)/t15-,16-,23-/m0/s1. The minimum Gasteiger partial charge on any atom is -0.343 e. The number of halogens is 2. The third-order valence-corrected chi connectivity index (χ3v) is 7.43. The van der Waals surface area contributed by atoms with E-state index in [1.807, 2.05) is 6.92 Å². The van der Waals surface area contributed by atoms with Crippen LogP contribution in [-0.2, 0) is 9.59 Å². The first kappa shape index (κ1) is 27.5. The van der Waals surface area contributed by atoms with Crippen LogP contribution in [0.2, 0.25) is 0 Å². The number of hydrogen-bond acceptors (Lipinski definition) is 4. The van der Waals surface area contributed by atoms with Crippen LogP contribution in [0.5, 0.6) is 0 Å². The number of rotatable bonds is 7. The normalized spacial score (nSPS) is 20.7. The summed E-state index contributed by atoms with van der Waals surface area (Å²) in [5.74, 6) is -2.20. The number of benzene rings is 1. The molecule has 9 nitrogen and oxygen atoms in total. The van der Waals surface area contributed by atoms with Crippen LogP contribution < -0.4 is 16.0 Å².